The number of hydrogen-bond acceptors (Lipinski definition) is 0. The van der Waals surface area contributed by atoms with E-state index in [2.05, 4.69) is 20.8 Å². The van der Waals surface area contributed by atoms with Crippen molar-refractivity contribution >= 4 is 7.92 Å². The summed E-state index contributed by atoms with van der Waals surface area (Å²) in [6.45, 7) is 7.86. The molecule has 4 fully saturated rings. The van der Waals surface area contributed by atoms with Gasteiger partial charge >= 0.3 is 0 Å². The molecule has 2 heterocycles. The lowest BCUT2D eigenvalue weighted by Crippen LogP contribution is -2.51. The van der Waals surface area contributed by atoms with Crippen LogP contribution in [0.15, 0.2) is 0 Å². The van der Waals surface area contributed by atoms with E-state index in [0.717, 1.165) is 34.0 Å². The molecule has 7 unspecified atom stereocenters. The zero-order valence-corrected chi connectivity index (χ0v) is 16.8. The summed E-state index contributed by atoms with van der Waals surface area (Å²) in [6.07, 6.45) is 20.2. The Bertz CT molecular complexity index is 432. The van der Waals surface area contributed by atoms with E-state index >= 15 is 0 Å². The van der Waals surface area contributed by atoms with Crippen LogP contribution in [-0.2, 0) is 0 Å². The van der Waals surface area contributed by atoms with Crippen molar-refractivity contribution in [2.45, 2.75) is 109 Å². The lowest BCUT2D eigenvalue weighted by atomic mass is 9.54. The van der Waals surface area contributed by atoms with Gasteiger partial charge in [-0.3, -0.25) is 0 Å². The van der Waals surface area contributed by atoms with Crippen molar-refractivity contribution in [2.24, 2.45) is 23.2 Å². The second kappa shape index (κ2) is 6.30. The van der Waals surface area contributed by atoms with Gasteiger partial charge in [0.15, 0.2) is 0 Å². The van der Waals surface area contributed by atoms with Gasteiger partial charge in [0.1, 0.15) is 0 Å². The van der Waals surface area contributed by atoms with Crippen LogP contribution in [0.4, 0.5) is 0 Å². The molecule has 0 aromatic rings. The van der Waals surface area contributed by atoms with E-state index in [1.54, 1.807) is 57.5 Å². The van der Waals surface area contributed by atoms with Crippen molar-refractivity contribution in [2.75, 3.05) is 6.16 Å². The normalized spacial score (nSPS) is 52.6. The summed E-state index contributed by atoms with van der Waals surface area (Å²) < 4.78 is 0. The Labute approximate surface area is 146 Å². The average molecular weight is 335 g/mol. The first-order valence-electron chi connectivity index (χ1n) is 10.9. The van der Waals surface area contributed by atoms with Crippen molar-refractivity contribution in [3.05, 3.63) is 0 Å². The van der Waals surface area contributed by atoms with Crippen LogP contribution in [0.2, 0.25) is 0 Å². The van der Waals surface area contributed by atoms with Gasteiger partial charge in [0.05, 0.1) is 0 Å². The van der Waals surface area contributed by atoms with E-state index in [1.807, 2.05) is 0 Å². The highest BCUT2D eigenvalue weighted by atomic mass is 31.1. The molecule has 4 rings (SSSR count). The Morgan fingerprint density at radius 3 is 2.65 bits per heavy atom. The van der Waals surface area contributed by atoms with Crippen LogP contribution < -0.4 is 0 Å². The Morgan fingerprint density at radius 2 is 1.83 bits per heavy atom. The molecular weight excluding hydrogens is 295 g/mol. The molecule has 0 radical (unpaired) electrons. The van der Waals surface area contributed by atoms with Crippen LogP contribution in [0, 0.1) is 23.2 Å². The maximum Gasteiger partial charge on any atom is -0.00916 e. The summed E-state index contributed by atoms with van der Waals surface area (Å²) in [4.78, 5) is 0. The van der Waals surface area contributed by atoms with E-state index in [0.29, 0.717) is 7.92 Å². The highest BCUT2D eigenvalue weighted by Crippen LogP contribution is 2.75. The topological polar surface area (TPSA) is 0 Å². The van der Waals surface area contributed by atoms with Gasteiger partial charge in [-0.15, -0.1) is 0 Å². The van der Waals surface area contributed by atoms with Gasteiger partial charge in [-0.2, -0.15) is 0 Å². The molecule has 2 aliphatic heterocycles. The minimum absolute atomic E-state index is 0.321. The number of fused-ring (bicyclic) bond motifs is 5. The summed E-state index contributed by atoms with van der Waals surface area (Å²) in [7, 11) is 0.321. The van der Waals surface area contributed by atoms with Crippen molar-refractivity contribution in [3.63, 3.8) is 0 Å². The quantitative estimate of drug-likeness (QED) is 0.478. The number of rotatable bonds is 3. The molecule has 0 aromatic heterocycles. The third-order valence-electron chi connectivity index (χ3n) is 9.10. The fourth-order valence-electron chi connectivity index (χ4n) is 7.64. The number of unbranched alkanes of at least 4 members (excludes halogenated alkanes) is 1. The molecular formula is C22H39P. The van der Waals surface area contributed by atoms with Gasteiger partial charge in [0.2, 0.25) is 0 Å². The Balaban J connectivity index is 1.55. The van der Waals surface area contributed by atoms with Gasteiger partial charge in [0.25, 0.3) is 0 Å². The number of hydrogen-bond donors (Lipinski definition) is 0. The molecule has 0 nitrogen and oxygen atoms in total. The van der Waals surface area contributed by atoms with Crippen LogP contribution >= 0.6 is 7.92 Å². The molecule has 132 valence electrons. The Kier molecular flexibility index (Phi) is 4.62. The zero-order chi connectivity index (χ0) is 16.1. The van der Waals surface area contributed by atoms with Crippen LogP contribution in [0.3, 0.4) is 0 Å². The molecule has 0 aromatic carbocycles. The van der Waals surface area contributed by atoms with Gasteiger partial charge in [0, 0.05) is 0 Å². The summed E-state index contributed by atoms with van der Waals surface area (Å²) in [5, 5.41) is 0.781. The molecule has 23 heavy (non-hydrogen) atoms. The van der Waals surface area contributed by atoms with E-state index in [4.69, 9.17) is 0 Å². The summed E-state index contributed by atoms with van der Waals surface area (Å²) >= 11 is 0. The lowest BCUT2D eigenvalue weighted by Gasteiger charge is -2.60. The third-order valence-corrected chi connectivity index (χ3v) is 13.2. The highest BCUT2D eigenvalue weighted by molar-refractivity contribution is 7.60. The van der Waals surface area contributed by atoms with Crippen LogP contribution in [0.5, 0.6) is 0 Å². The van der Waals surface area contributed by atoms with Gasteiger partial charge in [-0.25, -0.2) is 0 Å². The lowest BCUT2D eigenvalue weighted by molar-refractivity contribution is -0.00640. The molecule has 0 amide bonds. The molecule has 0 bridgehead atoms. The first-order valence-corrected chi connectivity index (χ1v) is 12.5. The SMILES string of the molecule is CCCCC1CCP2C3CCC4CCCCC4(C)C3CCC12C. The standard InChI is InChI=1S/C22H39P/c1-4-5-8-18-13-16-23-20-11-10-17-9-6-7-14-21(17,2)19(20)12-15-22(18,23)3/h17-20H,4-16H2,1-3H3. The van der Waals surface area contributed by atoms with Gasteiger partial charge in [-0.05, 0) is 91.5 Å². The summed E-state index contributed by atoms with van der Waals surface area (Å²) in [5.41, 5.74) is 1.90. The fourth-order valence-corrected chi connectivity index (χ4v) is 12.4. The molecule has 2 saturated carbocycles. The maximum atomic E-state index is 2.75. The monoisotopic (exact) mass is 334 g/mol. The molecule has 0 spiro atoms. The summed E-state index contributed by atoms with van der Waals surface area (Å²) in [5.74, 6) is 3.30. The van der Waals surface area contributed by atoms with Crippen LogP contribution in [-0.4, -0.2) is 17.0 Å². The second-order valence-corrected chi connectivity index (χ2v) is 13.0. The predicted octanol–water partition coefficient (Wildman–Crippen LogP) is 7.21. The zero-order valence-electron chi connectivity index (χ0n) is 15.9. The van der Waals surface area contributed by atoms with Crippen molar-refractivity contribution < 1.29 is 0 Å². The largest absolute Gasteiger partial charge is 0.0968 e. The molecule has 4 aliphatic rings. The van der Waals surface area contributed by atoms with Crippen LogP contribution in [0.1, 0.15) is 97.8 Å². The highest BCUT2D eigenvalue weighted by Gasteiger charge is 2.59. The summed E-state index contributed by atoms with van der Waals surface area (Å²) in [6, 6.07) is 0. The first-order chi connectivity index (χ1) is 11.1. The first kappa shape index (κ1) is 16.9. The minimum atomic E-state index is 0.321. The Hall–Kier alpha value is 0.430. The molecule has 2 saturated heterocycles. The van der Waals surface area contributed by atoms with E-state index in [-0.39, 0.29) is 0 Å². The predicted molar refractivity (Wildman–Crippen MR) is 104 cm³/mol. The third kappa shape index (κ3) is 2.56. The Morgan fingerprint density at radius 1 is 0.957 bits per heavy atom. The van der Waals surface area contributed by atoms with E-state index < -0.39 is 0 Å². The molecule has 7 atom stereocenters. The van der Waals surface area contributed by atoms with Gasteiger partial charge in [-0.1, -0.05) is 54.4 Å². The van der Waals surface area contributed by atoms with E-state index in [9.17, 15) is 0 Å². The van der Waals surface area contributed by atoms with Crippen molar-refractivity contribution in [1.82, 2.24) is 0 Å². The molecule has 2 aliphatic carbocycles. The average Bonchev–Trinajstić information content (AvgIpc) is 2.89. The fraction of sp³-hybridized carbons (Fsp3) is 1.00. The molecule has 0 N–H and O–H groups in total. The van der Waals surface area contributed by atoms with Crippen LogP contribution in [0.25, 0.3) is 0 Å². The maximum absolute atomic E-state index is 2.75. The van der Waals surface area contributed by atoms with Crippen molar-refractivity contribution in [1.29, 1.82) is 0 Å². The molecule has 1 heteroatoms. The smallest absolute Gasteiger partial charge is 0.00916 e. The second-order valence-electron chi connectivity index (χ2n) is 9.92. The minimum Gasteiger partial charge on any atom is -0.0968 e. The van der Waals surface area contributed by atoms with E-state index in [1.165, 1.54) is 25.7 Å². The van der Waals surface area contributed by atoms with Gasteiger partial charge < -0.3 is 0 Å². The van der Waals surface area contributed by atoms with Crippen molar-refractivity contribution in [3.8, 4) is 0 Å².